The highest BCUT2D eigenvalue weighted by atomic mass is 16.3. The van der Waals surface area contributed by atoms with Gasteiger partial charge in [0.2, 0.25) is 0 Å². The molecule has 0 saturated heterocycles. The molecule has 0 heterocycles. The highest BCUT2D eigenvalue weighted by Crippen LogP contribution is 2.18. The van der Waals surface area contributed by atoms with E-state index in [0.29, 0.717) is 0 Å². The summed E-state index contributed by atoms with van der Waals surface area (Å²) < 4.78 is 0. The standard InChI is InChI=1S/2C11H17NO.C2H6/c1-3-12-11-8-9(2)4-5-10(11)6-7-13;12-11-8-4-2-1-3-6-10(11)7-5-9-13;1-2/h4-5,8,12-13H,3,6-7H2,1-2H3;1-2,6,8,13H,3-5,7,9,12H2;1-2H3/b;2-1-,10-6?,11-8+;. The van der Waals surface area contributed by atoms with E-state index in [1.54, 1.807) is 0 Å². The third-order valence-corrected chi connectivity index (χ3v) is 4.13. The number of nitrogens with two attached hydrogens (primary N) is 1. The van der Waals surface area contributed by atoms with Crippen LogP contribution < -0.4 is 11.1 Å². The van der Waals surface area contributed by atoms with Gasteiger partial charge in [0.1, 0.15) is 0 Å². The Hall–Kier alpha value is -2.04. The predicted molar refractivity (Wildman–Crippen MR) is 123 cm³/mol. The molecule has 0 unspecified atom stereocenters. The van der Waals surface area contributed by atoms with Crippen molar-refractivity contribution in [1.82, 2.24) is 0 Å². The summed E-state index contributed by atoms with van der Waals surface area (Å²) in [4.78, 5) is 0. The highest BCUT2D eigenvalue weighted by Gasteiger charge is 2.01. The smallest absolute Gasteiger partial charge is 0.0472 e. The number of aryl methyl sites for hydroxylation is 1. The lowest BCUT2D eigenvalue weighted by Gasteiger charge is -2.10. The Bertz CT molecular complexity index is 619. The maximum Gasteiger partial charge on any atom is 0.0472 e. The van der Waals surface area contributed by atoms with Crippen molar-refractivity contribution < 1.29 is 10.2 Å². The molecule has 0 radical (unpaired) electrons. The Labute approximate surface area is 171 Å². The quantitative estimate of drug-likeness (QED) is 0.503. The molecule has 4 nitrogen and oxygen atoms in total. The number of nitrogens with one attached hydrogen (secondary N) is 1. The molecular weight excluding hydrogens is 348 g/mol. The SMILES string of the molecule is CC.CCNc1cc(C)ccc1CCO.N/C1=C/C/C=C\CC=C1CCCO. The van der Waals surface area contributed by atoms with Gasteiger partial charge in [-0.15, -0.1) is 0 Å². The van der Waals surface area contributed by atoms with Crippen molar-refractivity contribution >= 4 is 5.69 Å². The van der Waals surface area contributed by atoms with Crippen LogP contribution in [0.4, 0.5) is 5.69 Å². The molecule has 0 aliphatic heterocycles. The monoisotopic (exact) mass is 388 g/mol. The fourth-order valence-electron chi connectivity index (χ4n) is 2.75. The maximum atomic E-state index is 8.85. The van der Waals surface area contributed by atoms with E-state index in [1.807, 2.05) is 19.9 Å². The van der Waals surface area contributed by atoms with Crippen LogP contribution in [0.2, 0.25) is 0 Å². The van der Waals surface area contributed by atoms with Crippen LogP contribution in [0.25, 0.3) is 0 Å². The van der Waals surface area contributed by atoms with Crippen molar-refractivity contribution in [2.45, 2.75) is 59.8 Å². The van der Waals surface area contributed by atoms with Crippen LogP contribution in [0.1, 0.15) is 57.6 Å². The molecule has 158 valence electrons. The molecule has 1 aliphatic carbocycles. The van der Waals surface area contributed by atoms with E-state index >= 15 is 0 Å². The lowest BCUT2D eigenvalue weighted by atomic mass is 10.0. The number of hydrogen-bond acceptors (Lipinski definition) is 4. The summed E-state index contributed by atoms with van der Waals surface area (Å²) in [6.07, 6.45) is 12.7. The predicted octanol–water partition coefficient (Wildman–Crippen LogP) is 4.87. The van der Waals surface area contributed by atoms with Crippen LogP contribution in [0.15, 0.2) is 53.8 Å². The van der Waals surface area contributed by atoms with Gasteiger partial charge < -0.3 is 21.3 Å². The largest absolute Gasteiger partial charge is 0.399 e. The van der Waals surface area contributed by atoms with Crippen molar-refractivity contribution in [2.75, 3.05) is 25.1 Å². The molecule has 0 aromatic heterocycles. The summed E-state index contributed by atoms with van der Waals surface area (Å²) in [7, 11) is 0. The zero-order valence-corrected chi connectivity index (χ0v) is 18.2. The lowest BCUT2D eigenvalue weighted by molar-refractivity contribution is 0.288. The van der Waals surface area contributed by atoms with E-state index in [4.69, 9.17) is 15.9 Å². The first-order valence-corrected chi connectivity index (χ1v) is 10.5. The molecule has 1 aromatic carbocycles. The zero-order chi connectivity index (χ0) is 21.2. The van der Waals surface area contributed by atoms with E-state index in [0.717, 1.165) is 50.0 Å². The number of hydrogen-bond donors (Lipinski definition) is 4. The molecule has 0 spiro atoms. The first kappa shape index (κ1) is 26.0. The molecule has 0 bridgehead atoms. The van der Waals surface area contributed by atoms with Crippen LogP contribution in [-0.2, 0) is 6.42 Å². The molecule has 0 amide bonds. The molecule has 0 atom stereocenters. The summed E-state index contributed by atoms with van der Waals surface area (Å²) in [6.45, 7) is 9.51. The molecule has 0 fully saturated rings. The third-order valence-electron chi connectivity index (χ3n) is 4.13. The molecule has 2 rings (SSSR count). The Morgan fingerprint density at radius 2 is 1.68 bits per heavy atom. The van der Waals surface area contributed by atoms with Gasteiger partial charge >= 0.3 is 0 Å². The molecule has 1 aliphatic rings. The van der Waals surface area contributed by atoms with Gasteiger partial charge in [-0.1, -0.05) is 50.3 Å². The van der Waals surface area contributed by atoms with Gasteiger partial charge in [0.25, 0.3) is 0 Å². The summed E-state index contributed by atoms with van der Waals surface area (Å²) in [5.74, 6) is 0. The molecule has 0 saturated carbocycles. The van der Waals surface area contributed by atoms with Crippen molar-refractivity contribution in [3.63, 3.8) is 0 Å². The zero-order valence-electron chi connectivity index (χ0n) is 18.2. The van der Waals surface area contributed by atoms with E-state index in [2.05, 4.69) is 55.6 Å². The minimum atomic E-state index is 0.210. The fraction of sp³-hybridized carbons (Fsp3) is 0.500. The Morgan fingerprint density at radius 3 is 2.29 bits per heavy atom. The second-order valence-electron chi connectivity index (χ2n) is 6.32. The van der Waals surface area contributed by atoms with Crippen molar-refractivity contribution in [3.05, 3.63) is 64.9 Å². The van der Waals surface area contributed by atoms with Gasteiger partial charge in [-0.25, -0.2) is 0 Å². The van der Waals surface area contributed by atoms with Gasteiger partial charge in [-0.3, -0.25) is 0 Å². The van der Waals surface area contributed by atoms with Crippen molar-refractivity contribution in [2.24, 2.45) is 5.73 Å². The number of rotatable bonds is 7. The summed E-state index contributed by atoms with van der Waals surface area (Å²) in [6, 6.07) is 6.27. The average molecular weight is 389 g/mol. The van der Waals surface area contributed by atoms with E-state index in [-0.39, 0.29) is 13.2 Å². The Kier molecular flexibility index (Phi) is 15.8. The van der Waals surface area contributed by atoms with Crippen LogP contribution in [0.3, 0.4) is 0 Å². The molecule has 28 heavy (non-hydrogen) atoms. The van der Waals surface area contributed by atoms with Crippen LogP contribution in [-0.4, -0.2) is 30.0 Å². The van der Waals surface area contributed by atoms with Crippen molar-refractivity contribution in [1.29, 1.82) is 0 Å². The number of aliphatic hydroxyl groups excluding tert-OH is 2. The number of aliphatic hydroxyl groups is 2. The first-order chi connectivity index (χ1) is 13.6. The molecular formula is C24H40N2O2. The number of benzene rings is 1. The van der Waals surface area contributed by atoms with Gasteiger partial charge in [0.05, 0.1) is 0 Å². The van der Waals surface area contributed by atoms with E-state index in [1.165, 1.54) is 16.7 Å². The maximum absolute atomic E-state index is 8.85. The fourth-order valence-corrected chi connectivity index (χ4v) is 2.75. The first-order valence-electron chi connectivity index (χ1n) is 10.5. The molecule has 5 N–H and O–H groups in total. The summed E-state index contributed by atoms with van der Waals surface area (Å²) >= 11 is 0. The number of anilines is 1. The molecule has 4 heteroatoms. The van der Waals surface area contributed by atoms with Crippen LogP contribution >= 0.6 is 0 Å². The van der Waals surface area contributed by atoms with Gasteiger partial charge in [0.15, 0.2) is 0 Å². The second-order valence-corrected chi connectivity index (χ2v) is 6.32. The average Bonchev–Trinajstić information content (AvgIpc) is 2.69. The second kappa shape index (κ2) is 17.1. The van der Waals surface area contributed by atoms with Crippen LogP contribution in [0, 0.1) is 6.92 Å². The molecule has 1 aromatic rings. The summed E-state index contributed by atoms with van der Waals surface area (Å²) in [5, 5.41) is 20.9. The highest BCUT2D eigenvalue weighted by molar-refractivity contribution is 5.53. The number of allylic oxidation sites excluding steroid dienone is 5. The summed E-state index contributed by atoms with van der Waals surface area (Å²) in [5.41, 5.74) is 11.5. The van der Waals surface area contributed by atoms with Gasteiger partial charge in [-0.2, -0.15) is 0 Å². The van der Waals surface area contributed by atoms with Crippen molar-refractivity contribution in [3.8, 4) is 0 Å². The topological polar surface area (TPSA) is 78.5 Å². The Morgan fingerprint density at radius 1 is 1.00 bits per heavy atom. The van der Waals surface area contributed by atoms with E-state index in [9.17, 15) is 0 Å². The van der Waals surface area contributed by atoms with Crippen LogP contribution in [0.5, 0.6) is 0 Å². The lowest BCUT2D eigenvalue weighted by Crippen LogP contribution is -2.03. The van der Waals surface area contributed by atoms with E-state index < -0.39 is 0 Å². The third kappa shape index (κ3) is 11.0. The minimum Gasteiger partial charge on any atom is -0.399 e. The Balaban J connectivity index is 0.000000478. The van der Waals surface area contributed by atoms with Gasteiger partial charge in [-0.05, 0) is 68.7 Å². The normalized spacial score (nSPS) is 15.9. The minimum absolute atomic E-state index is 0.210. The van der Waals surface area contributed by atoms with Gasteiger partial charge in [0, 0.05) is 31.1 Å².